The average molecular weight is 474 g/mol. The minimum absolute atomic E-state index is 0.0399. The van der Waals surface area contributed by atoms with Crippen LogP contribution in [0, 0.1) is 0 Å². The summed E-state index contributed by atoms with van der Waals surface area (Å²) in [5.41, 5.74) is 1.62. The molecule has 1 aromatic heterocycles. The number of hydrogen-bond acceptors (Lipinski definition) is 5. The number of carbonyl (C=O) groups excluding carboxylic acids is 1. The lowest BCUT2D eigenvalue weighted by Gasteiger charge is -2.41. The van der Waals surface area contributed by atoms with E-state index >= 15 is 0 Å². The zero-order valence-corrected chi connectivity index (χ0v) is 20.5. The van der Waals surface area contributed by atoms with Gasteiger partial charge in [-0.05, 0) is 63.8 Å². The number of carbonyl (C=O) groups is 1. The Kier molecular flexibility index (Phi) is 6.16. The van der Waals surface area contributed by atoms with Crippen molar-refractivity contribution in [1.82, 2.24) is 14.4 Å². The number of fused-ring (bicyclic) bond motifs is 1. The molecule has 0 spiro atoms. The molecule has 33 heavy (non-hydrogen) atoms. The lowest BCUT2D eigenvalue weighted by molar-refractivity contribution is 0.0494. The summed E-state index contributed by atoms with van der Waals surface area (Å²) in [7, 11) is -3.03. The molecule has 2 saturated heterocycles. The Morgan fingerprint density at radius 3 is 2.30 bits per heavy atom. The van der Waals surface area contributed by atoms with Gasteiger partial charge in [-0.2, -0.15) is 0 Å². The quantitative estimate of drug-likeness (QED) is 0.665. The maximum atomic E-state index is 13.3. The van der Waals surface area contributed by atoms with Crippen LogP contribution < -0.4 is 4.74 Å². The zero-order valence-electron chi connectivity index (χ0n) is 19.7. The summed E-state index contributed by atoms with van der Waals surface area (Å²) < 4.78 is 32.0. The van der Waals surface area contributed by atoms with Crippen LogP contribution in [0.1, 0.15) is 62.5 Å². The monoisotopic (exact) mass is 473 g/mol. The number of likely N-dealkylation sites (tertiary alicyclic amines) is 1. The van der Waals surface area contributed by atoms with Crippen molar-refractivity contribution in [2.24, 2.45) is 0 Å². The largest absolute Gasteiger partial charge is 0.490 e. The number of piperidine rings is 1. The highest BCUT2D eigenvalue weighted by molar-refractivity contribution is 7.91. The number of nitrogens with zero attached hydrogens (tertiary/aromatic N) is 3. The first kappa shape index (κ1) is 22.7. The number of sulfone groups is 1. The van der Waals surface area contributed by atoms with Crippen LogP contribution >= 0.6 is 0 Å². The Hall–Kier alpha value is -2.06. The van der Waals surface area contributed by atoms with Crippen LogP contribution in [0.2, 0.25) is 0 Å². The van der Waals surface area contributed by atoms with Crippen molar-refractivity contribution in [1.29, 1.82) is 0 Å². The fourth-order valence-electron chi connectivity index (χ4n) is 5.39. The predicted octanol–water partition coefficient (Wildman–Crippen LogP) is 3.49. The van der Waals surface area contributed by atoms with Gasteiger partial charge in [0.1, 0.15) is 17.5 Å². The van der Waals surface area contributed by atoms with E-state index in [0.29, 0.717) is 5.69 Å². The molecule has 3 heterocycles. The molecule has 2 aromatic rings. The number of benzene rings is 1. The highest BCUT2D eigenvalue weighted by atomic mass is 32.2. The van der Waals surface area contributed by atoms with Gasteiger partial charge in [0.15, 0.2) is 9.84 Å². The van der Waals surface area contributed by atoms with E-state index in [1.165, 1.54) is 19.3 Å². The summed E-state index contributed by atoms with van der Waals surface area (Å²) in [6.07, 6.45) is 6.43. The van der Waals surface area contributed by atoms with E-state index in [9.17, 15) is 13.2 Å². The van der Waals surface area contributed by atoms with Crippen LogP contribution in [-0.2, 0) is 9.84 Å². The van der Waals surface area contributed by atoms with Gasteiger partial charge in [0, 0.05) is 49.2 Å². The molecule has 5 rings (SSSR count). The second-order valence-corrected chi connectivity index (χ2v) is 12.4. The third kappa shape index (κ3) is 4.64. The number of amides is 1. The molecule has 8 heteroatoms. The molecule has 2 aliphatic heterocycles. The fourth-order valence-corrected chi connectivity index (χ4v) is 6.59. The minimum atomic E-state index is -3.03. The number of aromatic nitrogens is 1. The van der Waals surface area contributed by atoms with Gasteiger partial charge in [0.25, 0.3) is 5.91 Å². The summed E-state index contributed by atoms with van der Waals surface area (Å²) in [6, 6.07) is 8.95. The third-order valence-electron chi connectivity index (χ3n) is 7.55. The second-order valence-electron chi connectivity index (χ2n) is 10.1. The Bertz CT molecular complexity index is 1110. The van der Waals surface area contributed by atoms with Gasteiger partial charge in [0.05, 0.1) is 11.5 Å². The number of rotatable bonds is 5. The van der Waals surface area contributed by atoms with E-state index in [1.54, 1.807) is 4.90 Å². The van der Waals surface area contributed by atoms with Crippen molar-refractivity contribution in [3.63, 3.8) is 0 Å². The topological polar surface area (TPSA) is 71.8 Å². The van der Waals surface area contributed by atoms with Gasteiger partial charge in [-0.15, -0.1) is 0 Å². The van der Waals surface area contributed by atoms with E-state index in [1.807, 2.05) is 24.3 Å². The average Bonchev–Trinajstić information content (AvgIpc) is 3.12. The van der Waals surface area contributed by atoms with Crippen LogP contribution in [0.25, 0.3) is 10.9 Å². The summed E-state index contributed by atoms with van der Waals surface area (Å²) >= 11 is 0. The van der Waals surface area contributed by atoms with E-state index in [4.69, 9.17) is 4.74 Å². The fraction of sp³-hybridized carbons (Fsp3) is 0.640. The molecule has 0 unspecified atom stereocenters. The van der Waals surface area contributed by atoms with Crippen molar-refractivity contribution in [2.45, 2.75) is 64.1 Å². The highest BCUT2D eigenvalue weighted by Gasteiger charge is 2.30. The smallest absolute Gasteiger partial charge is 0.270 e. The van der Waals surface area contributed by atoms with Crippen LogP contribution in [0.15, 0.2) is 24.3 Å². The van der Waals surface area contributed by atoms with E-state index in [0.717, 1.165) is 48.6 Å². The zero-order chi connectivity index (χ0) is 23.2. The maximum absolute atomic E-state index is 13.3. The maximum Gasteiger partial charge on any atom is 0.270 e. The molecular weight excluding hydrogens is 438 g/mol. The molecule has 1 aliphatic carbocycles. The van der Waals surface area contributed by atoms with Gasteiger partial charge >= 0.3 is 0 Å². The number of ether oxygens (including phenoxy) is 1. The van der Waals surface area contributed by atoms with Gasteiger partial charge in [-0.1, -0.05) is 6.42 Å². The predicted molar refractivity (Wildman–Crippen MR) is 130 cm³/mol. The van der Waals surface area contributed by atoms with Crippen LogP contribution in [0.4, 0.5) is 0 Å². The first-order valence-electron chi connectivity index (χ1n) is 12.4. The molecule has 1 aromatic carbocycles. The van der Waals surface area contributed by atoms with Gasteiger partial charge < -0.3 is 19.1 Å². The Balaban J connectivity index is 1.32. The Morgan fingerprint density at radius 2 is 1.70 bits per heavy atom. The molecular formula is C25H35N3O4S. The molecule has 1 saturated carbocycles. The normalized spacial score (nSPS) is 22.6. The highest BCUT2D eigenvalue weighted by Crippen LogP contribution is 2.31. The minimum Gasteiger partial charge on any atom is -0.490 e. The van der Waals surface area contributed by atoms with E-state index < -0.39 is 9.84 Å². The number of hydrogen-bond donors (Lipinski definition) is 0. The first-order chi connectivity index (χ1) is 15.8. The van der Waals surface area contributed by atoms with E-state index in [-0.39, 0.29) is 42.6 Å². The third-order valence-corrected chi connectivity index (χ3v) is 9.16. The molecule has 0 N–H and O–H groups in total. The van der Waals surface area contributed by atoms with Crippen molar-refractivity contribution in [3.05, 3.63) is 30.0 Å². The van der Waals surface area contributed by atoms with E-state index in [2.05, 4.69) is 23.3 Å². The molecule has 0 radical (unpaired) electrons. The Morgan fingerprint density at radius 1 is 1.00 bits per heavy atom. The first-order valence-corrected chi connectivity index (χ1v) is 14.2. The molecule has 0 bridgehead atoms. The summed E-state index contributed by atoms with van der Waals surface area (Å²) in [5.74, 6) is 0.838. The van der Waals surface area contributed by atoms with Crippen LogP contribution in [0.5, 0.6) is 5.75 Å². The lowest BCUT2D eigenvalue weighted by atomic mass is 9.90. The van der Waals surface area contributed by atoms with Crippen LogP contribution in [0.3, 0.4) is 0 Å². The van der Waals surface area contributed by atoms with Crippen molar-refractivity contribution in [2.75, 3.05) is 37.7 Å². The lowest BCUT2D eigenvalue weighted by Crippen LogP contribution is -2.46. The summed E-state index contributed by atoms with van der Waals surface area (Å²) in [5, 5.41) is 0.987. The van der Waals surface area contributed by atoms with Crippen LogP contribution in [-0.4, -0.2) is 78.5 Å². The molecule has 180 valence electrons. The molecule has 3 fully saturated rings. The second kappa shape index (κ2) is 8.95. The standard InChI is InChI=1S/C25H35N3O4S/c1-18(2)28-23-7-6-22(32-21-8-10-26(11-9-21)20-4-3-5-20)16-19(23)17-24(28)25(29)27-12-14-33(30,31)15-13-27/h6-7,16-18,20-21H,3-5,8-15H2,1-2H3. The van der Waals surface area contributed by atoms with Gasteiger partial charge in [-0.3, -0.25) is 4.79 Å². The van der Waals surface area contributed by atoms with Crippen molar-refractivity contribution in [3.8, 4) is 5.75 Å². The SMILES string of the molecule is CC(C)n1c(C(=O)N2CCS(=O)(=O)CC2)cc2cc(OC3CCN(C4CCC4)CC3)ccc21. The summed E-state index contributed by atoms with van der Waals surface area (Å²) in [6.45, 7) is 6.88. The van der Waals surface area contributed by atoms with Crippen molar-refractivity contribution < 1.29 is 17.9 Å². The van der Waals surface area contributed by atoms with Gasteiger partial charge in [0.2, 0.25) is 0 Å². The van der Waals surface area contributed by atoms with Gasteiger partial charge in [-0.25, -0.2) is 8.42 Å². The summed E-state index contributed by atoms with van der Waals surface area (Å²) in [4.78, 5) is 17.6. The Labute approximate surface area is 196 Å². The molecule has 0 atom stereocenters. The molecule has 3 aliphatic rings. The van der Waals surface area contributed by atoms with Crippen molar-refractivity contribution >= 4 is 26.6 Å². The molecule has 7 nitrogen and oxygen atoms in total. The molecule has 1 amide bonds.